The molecule has 3 fully saturated rings. The molecule has 1 aliphatic heterocycles. The summed E-state index contributed by atoms with van der Waals surface area (Å²) < 4.78 is 16.1. The van der Waals surface area contributed by atoms with Gasteiger partial charge in [0.25, 0.3) is 5.91 Å². The molecule has 2 saturated carbocycles. The molecule has 0 aromatic carbocycles. The second-order valence-electron chi connectivity index (χ2n) is 12.8. The van der Waals surface area contributed by atoms with Gasteiger partial charge < -0.3 is 29.3 Å². The van der Waals surface area contributed by atoms with E-state index in [-0.39, 0.29) is 37.1 Å². The van der Waals surface area contributed by atoms with Crippen LogP contribution in [-0.2, 0) is 19.0 Å². The van der Waals surface area contributed by atoms with E-state index in [1.54, 1.807) is 39.0 Å². The molecule has 4 rings (SSSR count). The smallest absolute Gasteiger partial charge is 0.410 e. The van der Waals surface area contributed by atoms with Gasteiger partial charge in [-0.1, -0.05) is 13.8 Å². The van der Waals surface area contributed by atoms with Gasteiger partial charge in [-0.05, 0) is 58.8 Å². The first-order chi connectivity index (χ1) is 18.9. The number of nitrogens with zero attached hydrogens (tertiary/aromatic N) is 4. The van der Waals surface area contributed by atoms with Gasteiger partial charge in [-0.15, -0.1) is 0 Å². The van der Waals surface area contributed by atoms with Crippen LogP contribution in [-0.4, -0.2) is 95.4 Å². The lowest BCUT2D eigenvalue weighted by molar-refractivity contribution is -0.148. The molecule has 0 bridgehead atoms. The SMILES string of the molecule is COC(=O)[C@@H]1C[C@H](N(CC(C)C)C(=O)c2cnc(C3CC3)nc2NC2CC(OC)C2)CN(C(=O)OC(C)(C)C)C1. The minimum absolute atomic E-state index is 0.148. The number of hydrogen-bond donors (Lipinski definition) is 1. The molecule has 1 saturated heterocycles. The summed E-state index contributed by atoms with van der Waals surface area (Å²) in [5.74, 6) is 0.579. The highest BCUT2D eigenvalue weighted by atomic mass is 16.6. The average Bonchev–Trinajstić information content (AvgIpc) is 3.72. The van der Waals surface area contributed by atoms with Crippen LogP contribution in [0.25, 0.3) is 0 Å². The van der Waals surface area contributed by atoms with Gasteiger partial charge in [0, 0.05) is 44.9 Å². The Labute approximate surface area is 237 Å². The van der Waals surface area contributed by atoms with E-state index in [0.717, 1.165) is 31.5 Å². The number of likely N-dealkylation sites (tertiary alicyclic amines) is 1. The Morgan fingerprint density at radius 3 is 2.40 bits per heavy atom. The van der Waals surface area contributed by atoms with Crippen molar-refractivity contribution in [2.45, 2.75) is 96.4 Å². The molecule has 1 aromatic heterocycles. The first-order valence-corrected chi connectivity index (χ1v) is 14.4. The summed E-state index contributed by atoms with van der Waals surface area (Å²) in [5.41, 5.74) is -0.294. The topological polar surface area (TPSA) is 123 Å². The Balaban J connectivity index is 1.63. The lowest BCUT2D eigenvalue weighted by atomic mass is 9.89. The van der Waals surface area contributed by atoms with Gasteiger partial charge in [-0.3, -0.25) is 9.59 Å². The fourth-order valence-electron chi connectivity index (χ4n) is 5.33. The van der Waals surface area contributed by atoms with Crippen molar-refractivity contribution in [2.75, 3.05) is 39.2 Å². The Bertz CT molecular complexity index is 1080. The number of nitrogens with one attached hydrogen (secondary N) is 1. The van der Waals surface area contributed by atoms with Crippen LogP contribution in [0, 0.1) is 11.8 Å². The van der Waals surface area contributed by atoms with Crippen molar-refractivity contribution >= 4 is 23.8 Å². The Kier molecular flexibility index (Phi) is 9.22. The molecule has 222 valence electrons. The normalized spacial score (nSPS) is 24.8. The zero-order valence-electron chi connectivity index (χ0n) is 24.9. The van der Waals surface area contributed by atoms with E-state index in [4.69, 9.17) is 19.2 Å². The van der Waals surface area contributed by atoms with Crippen molar-refractivity contribution in [3.63, 3.8) is 0 Å². The molecule has 2 atom stereocenters. The van der Waals surface area contributed by atoms with E-state index in [1.165, 1.54) is 12.0 Å². The number of rotatable bonds is 9. The number of amides is 2. The molecule has 11 heteroatoms. The van der Waals surface area contributed by atoms with Gasteiger partial charge in [0.05, 0.1) is 25.2 Å². The first-order valence-electron chi connectivity index (χ1n) is 14.4. The van der Waals surface area contributed by atoms with Gasteiger partial charge in [0.15, 0.2) is 0 Å². The summed E-state index contributed by atoms with van der Waals surface area (Å²) in [6.07, 6.45) is 5.50. The Hall–Kier alpha value is -2.95. The third-order valence-electron chi connectivity index (χ3n) is 7.63. The predicted octanol–water partition coefficient (Wildman–Crippen LogP) is 3.84. The highest BCUT2D eigenvalue weighted by molar-refractivity contribution is 5.99. The summed E-state index contributed by atoms with van der Waals surface area (Å²) in [6.45, 7) is 10.4. The van der Waals surface area contributed by atoms with Gasteiger partial charge in [-0.2, -0.15) is 0 Å². The number of piperidine rings is 1. The molecule has 2 heterocycles. The van der Waals surface area contributed by atoms with Crippen LogP contribution in [0.3, 0.4) is 0 Å². The minimum atomic E-state index is -0.692. The van der Waals surface area contributed by atoms with Crippen LogP contribution in [0.4, 0.5) is 10.6 Å². The maximum Gasteiger partial charge on any atom is 0.410 e. The summed E-state index contributed by atoms with van der Waals surface area (Å²) >= 11 is 0. The monoisotopic (exact) mass is 559 g/mol. The number of ether oxygens (including phenoxy) is 3. The van der Waals surface area contributed by atoms with Gasteiger partial charge in [0.2, 0.25) is 0 Å². The van der Waals surface area contributed by atoms with Crippen molar-refractivity contribution in [1.82, 2.24) is 19.8 Å². The van der Waals surface area contributed by atoms with E-state index < -0.39 is 29.6 Å². The summed E-state index contributed by atoms with van der Waals surface area (Å²) in [6, 6.07) is -0.254. The molecule has 1 N–H and O–H groups in total. The third-order valence-corrected chi connectivity index (χ3v) is 7.63. The lowest BCUT2D eigenvalue weighted by Gasteiger charge is -2.42. The van der Waals surface area contributed by atoms with E-state index in [1.807, 2.05) is 13.8 Å². The molecular formula is C29H45N5O6. The van der Waals surface area contributed by atoms with Crippen LogP contribution < -0.4 is 5.32 Å². The second-order valence-corrected chi connectivity index (χ2v) is 12.8. The van der Waals surface area contributed by atoms with E-state index >= 15 is 0 Å². The molecule has 11 nitrogen and oxygen atoms in total. The van der Waals surface area contributed by atoms with Crippen molar-refractivity contribution in [2.24, 2.45) is 11.8 Å². The third kappa shape index (κ3) is 7.41. The fraction of sp³-hybridized carbons (Fsp3) is 0.759. The predicted molar refractivity (Wildman–Crippen MR) is 149 cm³/mol. The van der Waals surface area contributed by atoms with Gasteiger partial charge in [-0.25, -0.2) is 14.8 Å². The van der Waals surface area contributed by atoms with Crippen LogP contribution in [0.15, 0.2) is 6.20 Å². The molecule has 2 aliphatic carbocycles. The van der Waals surface area contributed by atoms with Crippen LogP contribution in [0.1, 0.15) is 88.8 Å². The van der Waals surface area contributed by atoms with Gasteiger partial charge in [0.1, 0.15) is 22.8 Å². The zero-order valence-corrected chi connectivity index (χ0v) is 24.9. The number of anilines is 1. The number of hydrogen-bond acceptors (Lipinski definition) is 9. The number of esters is 1. The largest absolute Gasteiger partial charge is 0.469 e. The zero-order chi connectivity index (χ0) is 29.2. The summed E-state index contributed by atoms with van der Waals surface area (Å²) in [7, 11) is 3.05. The fourth-order valence-corrected chi connectivity index (χ4v) is 5.33. The number of carbonyl (C=O) groups excluding carboxylic acids is 3. The molecule has 3 aliphatic rings. The van der Waals surface area contributed by atoms with Crippen molar-refractivity contribution in [3.05, 3.63) is 17.6 Å². The van der Waals surface area contributed by atoms with Crippen LogP contribution >= 0.6 is 0 Å². The summed E-state index contributed by atoms with van der Waals surface area (Å²) in [4.78, 5) is 52.7. The minimum Gasteiger partial charge on any atom is -0.469 e. The molecule has 0 unspecified atom stereocenters. The second kappa shape index (κ2) is 12.3. The molecule has 0 spiro atoms. The van der Waals surface area contributed by atoms with Gasteiger partial charge >= 0.3 is 12.1 Å². The first kappa shape index (κ1) is 30.0. The van der Waals surface area contributed by atoms with E-state index in [9.17, 15) is 14.4 Å². The molecule has 40 heavy (non-hydrogen) atoms. The number of aromatic nitrogens is 2. The van der Waals surface area contributed by atoms with Crippen molar-refractivity contribution in [1.29, 1.82) is 0 Å². The summed E-state index contributed by atoms with van der Waals surface area (Å²) in [5, 5.41) is 3.48. The maximum absolute atomic E-state index is 14.3. The molecule has 1 aromatic rings. The quantitative estimate of drug-likeness (QED) is 0.450. The maximum atomic E-state index is 14.3. The Morgan fingerprint density at radius 1 is 1.12 bits per heavy atom. The Morgan fingerprint density at radius 2 is 1.82 bits per heavy atom. The standard InChI is InChI=1S/C29H45N5O6/c1-17(2)14-34(21-10-19(27(36)39-7)15-33(16-21)28(37)40-29(3,4)5)26(35)23-13-30-24(18-8-9-18)32-25(23)31-20-11-22(12-20)38-6/h13,17-22H,8-12,14-16H2,1-7H3,(H,30,31,32)/t19-,20?,21+,22?/m1/s1. The van der Waals surface area contributed by atoms with E-state index in [0.29, 0.717) is 30.3 Å². The lowest BCUT2D eigenvalue weighted by Crippen LogP contribution is -2.57. The molecular weight excluding hydrogens is 514 g/mol. The van der Waals surface area contributed by atoms with Crippen molar-refractivity contribution in [3.8, 4) is 0 Å². The number of methoxy groups -OCH3 is 2. The van der Waals surface area contributed by atoms with E-state index in [2.05, 4.69) is 10.3 Å². The van der Waals surface area contributed by atoms with Crippen molar-refractivity contribution < 1.29 is 28.6 Å². The van der Waals surface area contributed by atoms with Crippen LogP contribution in [0.2, 0.25) is 0 Å². The number of carbonyl (C=O) groups is 3. The average molecular weight is 560 g/mol. The highest BCUT2D eigenvalue weighted by Crippen LogP contribution is 2.39. The molecule has 2 amide bonds. The highest BCUT2D eigenvalue weighted by Gasteiger charge is 2.41. The molecule has 0 radical (unpaired) electrons. The van der Waals surface area contributed by atoms with Crippen LogP contribution in [0.5, 0.6) is 0 Å².